The van der Waals surface area contributed by atoms with E-state index >= 15 is 0 Å². The standard InChI is InChI=1S/C25H27NO6/c1-2-4-17-6-8-18(9-7-17)32-23-15-31-22-13-19(10-11-21(22)25(23)28)30-16-24(27)26-14-20-5-3-12-29-20/h6-11,13,15,20H,2-5,12,14,16H2,1H3,(H,26,27)/t20-/m1/s1. The molecule has 1 fully saturated rings. The van der Waals surface area contributed by atoms with E-state index in [0.717, 1.165) is 32.3 Å². The molecule has 1 aliphatic rings. The third-order valence-corrected chi connectivity index (χ3v) is 5.33. The van der Waals surface area contributed by atoms with Crippen molar-refractivity contribution in [1.29, 1.82) is 0 Å². The summed E-state index contributed by atoms with van der Waals surface area (Å²) in [6.45, 7) is 3.23. The van der Waals surface area contributed by atoms with Crippen LogP contribution in [0.15, 0.2) is 57.9 Å². The Hall–Kier alpha value is -3.32. The number of rotatable bonds is 9. The second-order valence-corrected chi connectivity index (χ2v) is 7.81. The number of aryl methyl sites for hydroxylation is 1. The van der Waals surface area contributed by atoms with E-state index in [1.807, 2.05) is 24.3 Å². The molecule has 1 aromatic heterocycles. The van der Waals surface area contributed by atoms with Crippen LogP contribution in [0, 0.1) is 0 Å². The fourth-order valence-corrected chi connectivity index (χ4v) is 3.62. The van der Waals surface area contributed by atoms with Crippen LogP contribution < -0.4 is 20.2 Å². The van der Waals surface area contributed by atoms with E-state index in [1.165, 1.54) is 11.8 Å². The molecule has 1 aliphatic heterocycles. The van der Waals surface area contributed by atoms with Crippen molar-refractivity contribution < 1.29 is 23.4 Å². The summed E-state index contributed by atoms with van der Waals surface area (Å²) in [5, 5.41) is 3.18. The smallest absolute Gasteiger partial charge is 0.258 e. The van der Waals surface area contributed by atoms with Gasteiger partial charge in [-0.15, -0.1) is 0 Å². The lowest BCUT2D eigenvalue weighted by Gasteiger charge is -2.11. The molecule has 0 aliphatic carbocycles. The second-order valence-electron chi connectivity index (χ2n) is 7.81. The highest BCUT2D eigenvalue weighted by Gasteiger charge is 2.16. The number of carbonyl (C=O) groups is 1. The lowest BCUT2D eigenvalue weighted by Crippen LogP contribution is -2.35. The van der Waals surface area contributed by atoms with Gasteiger partial charge in [0.15, 0.2) is 6.61 Å². The fraction of sp³-hybridized carbons (Fsp3) is 0.360. The summed E-state index contributed by atoms with van der Waals surface area (Å²) in [4.78, 5) is 24.8. The number of ether oxygens (including phenoxy) is 3. The van der Waals surface area contributed by atoms with Crippen molar-refractivity contribution in [2.75, 3.05) is 19.8 Å². The van der Waals surface area contributed by atoms with Crippen LogP contribution in [0.4, 0.5) is 0 Å². The van der Waals surface area contributed by atoms with Gasteiger partial charge in [0.25, 0.3) is 5.91 Å². The first-order valence-electron chi connectivity index (χ1n) is 11.0. The number of nitrogens with one attached hydrogen (secondary N) is 1. The number of hydrogen-bond acceptors (Lipinski definition) is 6. The van der Waals surface area contributed by atoms with Crippen molar-refractivity contribution >= 4 is 16.9 Å². The average Bonchev–Trinajstić information content (AvgIpc) is 3.33. The monoisotopic (exact) mass is 437 g/mol. The molecule has 7 nitrogen and oxygen atoms in total. The van der Waals surface area contributed by atoms with Crippen LogP contribution in [0.1, 0.15) is 31.7 Å². The maximum atomic E-state index is 12.8. The van der Waals surface area contributed by atoms with Crippen molar-refractivity contribution in [3.8, 4) is 17.2 Å². The van der Waals surface area contributed by atoms with Crippen LogP contribution in [0.5, 0.6) is 17.2 Å². The average molecular weight is 437 g/mol. The summed E-state index contributed by atoms with van der Waals surface area (Å²) in [5.41, 5.74) is 1.31. The summed E-state index contributed by atoms with van der Waals surface area (Å²) < 4.78 is 22.3. The Morgan fingerprint density at radius 2 is 1.97 bits per heavy atom. The predicted octanol–water partition coefficient (Wildman–Crippen LogP) is 4.21. The molecule has 168 valence electrons. The quantitative estimate of drug-likeness (QED) is 0.540. The Bertz CT molecular complexity index is 1120. The predicted molar refractivity (Wildman–Crippen MR) is 120 cm³/mol. The molecule has 32 heavy (non-hydrogen) atoms. The van der Waals surface area contributed by atoms with Crippen LogP contribution in [-0.4, -0.2) is 31.8 Å². The zero-order valence-electron chi connectivity index (χ0n) is 18.1. The molecule has 1 saturated heterocycles. The van der Waals surface area contributed by atoms with Gasteiger partial charge in [0.05, 0.1) is 11.5 Å². The summed E-state index contributed by atoms with van der Waals surface area (Å²) in [7, 11) is 0. The van der Waals surface area contributed by atoms with Gasteiger partial charge >= 0.3 is 0 Å². The highest BCUT2D eigenvalue weighted by molar-refractivity contribution is 5.80. The Morgan fingerprint density at radius 3 is 2.72 bits per heavy atom. The molecule has 0 saturated carbocycles. The molecule has 0 radical (unpaired) electrons. The van der Waals surface area contributed by atoms with Gasteiger partial charge in [-0.05, 0) is 49.1 Å². The Kier molecular flexibility index (Phi) is 7.07. The van der Waals surface area contributed by atoms with Gasteiger partial charge in [-0.1, -0.05) is 25.5 Å². The number of carbonyl (C=O) groups excluding carboxylic acids is 1. The van der Waals surface area contributed by atoms with Crippen LogP contribution in [0.3, 0.4) is 0 Å². The molecule has 0 unspecified atom stereocenters. The molecule has 1 atom stereocenters. The lowest BCUT2D eigenvalue weighted by molar-refractivity contribution is -0.123. The minimum absolute atomic E-state index is 0.0830. The normalized spacial score (nSPS) is 15.6. The van der Waals surface area contributed by atoms with Gasteiger partial charge in [-0.25, -0.2) is 0 Å². The third kappa shape index (κ3) is 5.48. The van der Waals surface area contributed by atoms with Crippen LogP contribution >= 0.6 is 0 Å². The Labute approximate surface area is 186 Å². The molecular formula is C25H27NO6. The molecule has 0 spiro atoms. The zero-order valence-corrected chi connectivity index (χ0v) is 18.1. The van der Waals surface area contributed by atoms with E-state index in [9.17, 15) is 9.59 Å². The van der Waals surface area contributed by atoms with Gasteiger partial charge in [-0.3, -0.25) is 9.59 Å². The van der Waals surface area contributed by atoms with E-state index in [4.69, 9.17) is 18.6 Å². The molecule has 0 bridgehead atoms. The molecule has 1 N–H and O–H groups in total. The van der Waals surface area contributed by atoms with Crippen molar-refractivity contribution in [2.45, 2.75) is 38.7 Å². The largest absolute Gasteiger partial charge is 0.484 e. The van der Waals surface area contributed by atoms with E-state index < -0.39 is 0 Å². The van der Waals surface area contributed by atoms with Crippen LogP contribution in [0.2, 0.25) is 0 Å². The number of hydrogen-bond donors (Lipinski definition) is 1. The molecule has 2 heterocycles. The maximum absolute atomic E-state index is 12.8. The topological polar surface area (TPSA) is 87.0 Å². The molecule has 3 aromatic rings. The third-order valence-electron chi connectivity index (χ3n) is 5.33. The molecule has 2 aromatic carbocycles. The van der Waals surface area contributed by atoms with Crippen LogP contribution in [0.25, 0.3) is 11.0 Å². The van der Waals surface area contributed by atoms with Gasteiger partial charge in [0, 0.05) is 19.2 Å². The first kappa shape index (κ1) is 21.9. The van der Waals surface area contributed by atoms with E-state index in [2.05, 4.69) is 12.2 Å². The molecule has 7 heteroatoms. The highest BCUT2D eigenvalue weighted by Crippen LogP contribution is 2.24. The van der Waals surface area contributed by atoms with Gasteiger partial charge < -0.3 is 23.9 Å². The van der Waals surface area contributed by atoms with E-state index in [0.29, 0.717) is 29.0 Å². The van der Waals surface area contributed by atoms with Crippen LogP contribution in [-0.2, 0) is 16.0 Å². The second kappa shape index (κ2) is 10.3. The minimum Gasteiger partial charge on any atom is -0.484 e. The lowest BCUT2D eigenvalue weighted by atomic mass is 10.1. The zero-order chi connectivity index (χ0) is 22.3. The maximum Gasteiger partial charge on any atom is 0.258 e. The molecule has 1 amide bonds. The number of amides is 1. The molecule has 4 rings (SSSR count). The van der Waals surface area contributed by atoms with E-state index in [1.54, 1.807) is 18.2 Å². The van der Waals surface area contributed by atoms with Crippen molar-refractivity contribution in [3.05, 3.63) is 64.5 Å². The van der Waals surface area contributed by atoms with Crippen molar-refractivity contribution in [2.24, 2.45) is 0 Å². The summed E-state index contributed by atoms with van der Waals surface area (Å²) in [5.74, 6) is 0.900. The van der Waals surface area contributed by atoms with Crippen molar-refractivity contribution in [3.63, 3.8) is 0 Å². The summed E-state index contributed by atoms with van der Waals surface area (Å²) in [6, 6.07) is 12.5. The van der Waals surface area contributed by atoms with E-state index in [-0.39, 0.29) is 29.8 Å². The van der Waals surface area contributed by atoms with Gasteiger partial charge in [0.2, 0.25) is 11.2 Å². The first-order valence-corrected chi connectivity index (χ1v) is 11.0. The fourth-order valence-electron chi connectivity index (χ4n) is 3.62. The number of fused-ring (bicyclic) bond motifs is 1. The highest BCUT2D eigenvalue weighted by atomic mass is 16.5. The Morgan fingerprint density at radius 1 is 1.16 bits per heavy atom. The SMILES string of the molecule is CCCc1ccc(Oc2coc3cc(OCC(=O)NC[C@H]4CCCO4)ccc3c2=O)cc1. The van der Waals surface area contributed by atoms with Gasteiger partial charge in [-0.2, -0.15) is 0 Å². The minimum atomic E-state index is -0.273. The number of benzene rings is 2. The van der Waals surface area contributed by atoms with Crippen molar-refractivity contribution in [1.82, 2.24) is 5.32 Å². The summed E-state index contributed by atoms with van der Waals surface area (Å²) >= 11 is 0. The molecular weight excluding hydrogens is 410 g/mol. The van der Waals surface area contributed by atoms with Gasteiger partial charge in [0.1, 0.15) is 23.3 Å². The summed E-state index contributed by atoms with van der Waals surface area (Å²) in [6.07, 6.45) is 5.43. The first-order chi connectivity index (χ1) is 15.6. The Balaban J connectivity index is 1.38.